The summed E-state index contributed by atoms with van der Waals surface area (Å²) in [6.45, 7) is 0.847. The minimum atomic E-state index is 0.486. The molecular formula is C8H8N5+. The zero-order chi connectivity index (χ0) is 8.84. The van der Waals surface area contributed by atoms with Crippen molar-refractivity contribution < 1.29 is 4.57 Å². The van der Waals surface area contributed by atoms with Crippen molar-refractivity contribution >= 4 is 23.2 Å². The molecule has 0 saturated heterocycles. The molecule has 2 aromatic rings. The number of hydrogen-bond donors (Lipinski definition) is 1. The van der Waals surface area contributed by atoms with Gasteiger partial charge in [-0.2, -0.15) is 0 Å². The highest BCUT2D eigenvalue weighted by atomic mass is 15.2. The number of nitrogens with two attached hydrogens (primary N) is 1. The van der Waals surface area contributed by atoms with Crippen molar-refractivity contribution in [2.45, 2.75) is 6.54 Å². The van der Waals surface area contributed by atoms with Gasteiger partial charge in [-0.05, 0) is 6.08 Å². The van der Waals surface area contributed by atoms with Crippen LogP contribution in [0.2, 0.25) is 0 Å². The Labute approximate surface area is 74.1 Å². The molecule has 5 nitrogen and oxygen atoms in total. The lowest BCUT2D eigenvalue weighted by molar-refractivity contribution is -0.547. The van der Waals surface area contributed by atoms with E-state index in [0.717, 1.165) is 17.7 Å². The Balaban J connectivity index is 2.56. The fourth-order valence-corrected chi connectivity index (χ4v) is 1.58. The SMILES string of the molecule is Nc1nc[n+]2c3c1ncn3CC=C2. The predicted molar refractivity (Wildman–Crippen MR) is 47.5 cm³/mol. The van der Waals surface area contributed by atoms with Crippen molar-refractivity contribution in [2.75, 3.05) is 5.73 Å². The van der Waals surface area contributed by atoms with Crippen LogP contribution in [0.25, 0.3) is 17.4 Å². The van der Waals surface area contributed by atoms with Gasteiger partial charge in [0.25, 0.3) is 5.65 Å². The highest BCUT2D eigenvalue weighted by Gasteiger charge is 2.18. The lowest BCUT2D eigenvalue weighted by Gasteiger charge is -2.03. The molecule has 0 aliphatic carbocycles. The second-order valence-corrected chi connectivity index (χ2v) is 2.99. The molecular weight excluding hydrogens is 166 g/mol. The maximum atomic E-state index is 5.69. The molecule has 0 spiro atoms. The van der Waals surface area contributed by atoms with Gasteiger partial charge in [0.15, 0.2) is 11.8 Å². The number of aromatic nitrogens is 4. The first-order valence-electron chi connectivity index (χ1n) is 4.03. The highest BCUT2D eigenvalue weighted by molar-refractivity contribution is 5.79. The zero-order valence-corrected chi connectivity index (χ0v) is 6.88. The summed E-state index contributed by atoms with van der Waals surface area (Å²) < 4.78 is 3.95. The minimum absolute atomic E-state index is 0.486. The Morgan fingerprint density at radius 2 is 2.38 bits per heavy atom. The van der Waals surface area contributed by atoms with Crippen LogP contribution >= 0.6 is 0 Å². The van der Waals surface area contributed by atoms with Crippen molar-refractivity contribution in [1.82, 2.24) is 14.5 Å². The Morgan fingerprint density at radius 1 is 1.46 bits per heavy atom. The van der Waals surface area contributed by atoms with Crippen molar-refractivity contribution in [2.24, 2.45) is 0 Å². The maximum absolute atomic E-state index is 5.69. The average molecular weight is 174 g/mol. The van der Waals surface area contributed by atoms with E-state index in [1.807, 2.05) is 21.4 Å². The predicted octanol–water partition coefficient (Wildman–Crippen LogP) is -0.215. The normalized spacial score (nSPS) is 13.8. The van der Waals surface area contributed by atoms with E-state index in [2.05, 4.69) is 9.97 Å². The maximum Gasteiger partial charge on any atom is 0.265 e. The molecule has 5 heteroatoms. The summed E-state index contributed by atoms with van der Waals surface area (Å²) in [5, 5.41) is 0. The molecule has 0 aromatic carbocycles. The number of nitrogens with zero attached hydrogens (tertiary/aromatic N) is 4. The molecule has 64 valence electrons. The summed E-state index contributed by atoms with van der Waals surface area (Å²) in [6.07, 6.45) is 7.50. The Morgan fingerprint density at radius 3 is 3.31 bits per heavy atom. The van der Waals surface area contributed by atoms with Crippen molar-refractivity contribution in [3.05, 3.63) is 18.7 Å². The van der Waals surface area contributed by atoms with E-state index >= 15 is 0 Å². The Hall–Kier alpha value is -1.91. The number of imidazole rings is 1. The molecule has 0 radical (unpaired) electrons. The molecule has 13 heavy (non-hydrogen) atoms. The third-order valence-electron chi connectivity index (χ3n) is 2.19. The summed E-state index contributed by atoms with van der Waals surface area (Å²) in [5.74, 6) is 0.486. The lowest BCUT2D eigenvalue weighted by atomic mass is 10.4. The third-order valence-corrected chi connectivity index (χ3v) is 2.19. The van der Waals surface area contributed by atoms with Crippen LogP contribution in [-0.4, -0.2) is 14.5 Å². The summed E-state index contributed by atoms with van der Waals surface area (Å²) in [6, 6.07) is 0. The third kappa shape index (κ3) is 0.729. The zero-order valence-electron chi connectivity index (χ0n) is 6.88. The summed E-state index contributed by atoms with van der Waals surface area (Å²) in [5.41, 5.74) is 7.47. The molecule has 1 aliphatic heterocycles. The first-order valence-corrected chi connectivity index (χ1v) is 4.03. The number of anilines is 1. The number of nitrogen functional groups attached to an aromatic ring is 1. The quantitative estimate of drug-likeness (QED) is 0.562. The molecule has 1 aliphatic rings. The van der Waals surface area contributed by atoms with Gasteiger partial charge in [-0.25, -0.2) is 14.1 Å². The summed E-state index contributed by atoms with van der Waals surface area (Å²) in [4.78, 5) is 8.24. The van der Waals surface area contributed by atoms with E-state index in [1.165, 1.54) is 0 Å². The van der Waals surface area contributed by atoms with E-state index in [1.54, 1.807) is 12.7 Å². The van der Waals surface area contributed by atoms with Crippen LogP contribution in [0.4, 0.5) is 5.82 Å². The smallest absolute Gasteiger partial charge is 0.265 e. The van der Waals surface area contributed by atoms with Crippen LogP contribution in [0, 0.1) is 0 Å². The fraction of sp³-hybridized carbons (Fsp3) is 0.125. The van der Waals surface area contributed by atoms with Gasteiger partial charge in [-0.1, -0.05) is 4.98 Å². The molecule has 0 saturated carbocycles. The highest BCUT2D eigenvalue weighted by Crippen LogP contribution is 2.14. The summed E-state index contributed by atoms with van der Waals surface area (Å²) >= 11 is 0. The van der Waals surface area contributed by atoms with Gasteiger partial charge in [0.05, 0.1) is 12.7 Å². The van der Waals surface area contributed by atoms with E-state index in [0.29, 0.717) is 5.82 Å². The summed E-state index contributed by atoms with van der Waals surface area (Å²) in [7, 11) is 0. The van der Waals surface area contributed by atoms with Crippen molar-refractivity contribution in [3.63, 3.8) is 0 Å². The Kier molecular flexibility index (Phi) is 1.05. The average Bonchev–Trinajstić information content (AvgIpc) is 2.57. The Bertz CT molecular complexity index is 510. The van der Waals surface area contributed by atoms with Gasteiger partial charge in [0.1, 0.15) is 0 Å². The lowest BCUT2D eigenvalue weighted by Crippen LogP contribution is -2.32. The van der Waals surface area contributed by atoms with Crippen LogP contribution in [0.1, 0.15) is 0 Å². The molecule has 2 aromatic heterocycles. The van der Waals surface area contributed by atoms with Gasteiger partial charge in [0.2, 0.25) is 12.1 Å². The standard InChI is InChI=1S/C8H7N5/c9-7-6-8-12(4-10-6)2-1-3-13(8)5-11-7/h1,3-5,9H,2H2/p+1. The van der Waals surface area contributed by atoms with Crippen LogP contribution in [-0.2, 0) is 6.54 Å². The molecule has 0 bridgehead atoms. The van der Waals surface area contributed by atoms with Crippen LogP contribution in [0.3, 0.4) is 0 Å². The van der Waals surface area contributed by atoms with Gasteiger partial charge < -0.3 is 5.73 Å². The van der Waals surface area contributed by atoms with E-state index < -0.39 is 0 Å². The number of rotatable bonds is 0. The van der Waals surface area contributed by atoms with Gasteiger partial charge in [-0.15, -0.1) is 0 Å². The van der Waals surface area contributed by atoms with Gasteiger partial charge in [0, 0.05) is 0 Å². The fourth-order valence-electron chi connectivity index (χ4n) is 1.58. The van der Waals surface area contributed by atoms with Crippen molar-refractivity contribution in [1.29, 1.82) is 0 Å². The topological polar surface area (TPSA) is 60.6 Å². The van der Waals surface area contributed by atoms with Crippen LogP contribution < -0.4 is 10.3 Å². The van der Waals surface area contributed by atoms with Crippen molar-refractivity contribution in [3.8, 4) is 0 Å². The van der Waals surface area contributed by atoms with Crippen LogP contribution in [0.15, 0.2) is 18.7 Å². The molecule has 2 N–H and O–H groups in total. The molecule has 0 atom stereocenters. The second-order valence-electron chi connectivity index (χ2n) is 2.99. The first kappa shape index (κ1) is 6.59. The molecule has 0 fully saturated rings. The van der Waals surface area contributed by atoms with Crippen LogP contribution in [0.5, 0.6) is 0 Å². The minimum Gasteiger partial charge on any atom is -0.368 e. The van der Waals surface area contributed by atoms with E-state index in [4.69, 9.17) is 5.73 Å². The molecule has 0 amide bonds. The number of hydrogen-bond acceptors (Lipinski definition) is 3. The number of allylic oxidation sites excluding steroid dienone is 1. The van der Waals surface area contributed by atoms with E-state index in [9.17, 15) is 0 Å². The van der Waals surface area contributed by atoms with E-state index in [-0.39, 0.29) is 0 Å². The molecule has 3 rings (SSSR count). The molecule has 0 unspecified atom stereocenters. The monoisotopic (exact) mass is 174 g/mol. The first-order chi connectivity index (χ1) is 6.36. The largest absolute Gasteiger partial charge is 0.368 e. The van der Waals surface area contributed by atoms with Gasteiger partial charge >= 0.3 is 0 Å². The van der Waals surface area contributed by atoms with Gasteiger partial charge in [-0.3, -0.25) is 0 Å². The second kappa shape index (κ2) is 2.07. The molecule has 3 heterocycles.